The van der Waals surface area contributed by atoms with E-state index in [1.165, 1.54) is 0 Å². The molecule has 0 bridgehead atoms. The van der Waals surface area contributed by atoms with Gasteiger partial charge in [-0.2, -0.15) is 0 Å². The van der Waals surface area contributed by atoms with Crippen molar-refractivity contribution >= 4 is 5.91 Å². The van der Waals surface area contributed by atoms with Crippen molar-refractivity contribution in [1.82, 2.24) is 5.32 Å². The highest BCUT2D eigenvalue weighted by atomic mass is 16.5. The second kappa shape index (κ2) is 6.74. The first-order valence-corrected chi connectivity index (χ1v) is 5.70. The zero-order valence-corrected chi connectivity index (χ0v) is 10.6. The van der Waals surface area contributed by atoms with Crippen LogP contribution in [0.15, 0.2) is 35.9 Å². The Morgan fingerprint density at radius 3 is 2.82 bits per heavy atom. The van der Waals surface area contributed by atoms with E-state index in [9.17, 15) is 4.79 Å². The molecular formula is C14H19NO2. The van der Waals surface area contributed by atoms with Gasteiger partial charge >= 0.3 is 0 Å². The third kappa shape index (κ3) is 5.76. The minimum atomic E-state index is -0.0714. The van der Waals surface area contributed by atoms with Crippen molar-refractivity contribution in [2.24, 2.45) is 0 Å². The van der Waals surface area contributed by atoms with Crippen LogP contribution in [0.25, 0.3) is 0 Å². The van der Waals surface area contributed by atoms with E-state index >= 15 is 0 Å². The van der Waals surface area contributed by atoms with Gasteiger partial charge in [0.05, 0.1) is 6.54 Å². The predicted molar refractivity (Wildman–Crippen MR) is 69.1 cm³/mol. The summed E-state index contributed by atoms with van der Waals surface area (Å²) in [7, 11) is 0. The highest BCUT2D eigenvalue weighted by molar-refractivity contribution is 5.87. The Kier molecular flexibility index (Phi) is 5.27. The fourth-order valence-electron chi connectivity index (χ4n) is 1.36. The standard InChI is InChI=1S/C14H19NO2/c1-11(2)9-14(16)15-7-8-17-13-6-4-5-12(3)10-13/h4-6,9-10H,7-8H2,1-3H3,(H,15,16). The summed E-state index contributed by atoms with van der Waals surface area (Å²) in [6.45, 7) is 6.79. The maximum Gasteiger partial charge on any atom is 0.244 e. The zero-order valence-electron chi connectivity index (χ0n) is 10.6. The summed E-state index contributed by atoms with van der Waals surface area (Å²) in [4.78, 5) is 11.3. The number of ether oxygens (including phenoxy) is 1. The summed E-state index contributed by atoms with van der Waals surface area (Å²) in [5.74, 6) is 0.763. The molecule has 0 unspecified atom stereocenters. The van der Waals surface area contributed by atoms with Gasteiger partial charge in [-0.25, -0.2) is 0 Å². The van der Waals surface area contributed by atoms with Crippen LogP contribution in [0.3, 0.4) is 0 Å². The van der Waals surface area contributed by atoms with Gasteiger partial charge in [-0.3, -0.25) is 4.79 Å². The van der Waals surface area contributed by atoms with Crippen LogP contribution < -0.4 is 10.1 Å². The summed E-state index contributed by atoms with van der Waals surface area (Å²) in [5, 5.41) is 2.76. The van der Waals surface area contributed by atoms with E-state index < -0.39 is 0 Å². The molecule has 1 aromatic rings. The summed E-state index contributed by atoms with van der Waals surface area (Å²) in [6, 6.07) is 7.85. The van der Waals surface area contributed by atoms with Crippen LogP contribution in [0, 0.1) is 6.92 Å². The molecule has 0 aliphatic rings. The number of allylic oxidation sites excluding steroid dienone is 1. The highest BCUT2D eigenvalue weighted by Gasteiger charge is 1.96. The lowest BCUT2D eigenvalue weighted by atomic mass is 10.2. The topological polar surface area (TPSA) is 38.3 Å². The first-order valence-electron chi connectivity index (χ1n) is 5.70. The summed E-state index contributed by atoms with van der Waals surface area (Å²) in [6.07, 6.45) is 1.58. The van der Waals surface area contributed by atoms with Gasteiger partial charge in [0, 0.05) is 6.08 Å². The molecule has 0 spiro atoms. The van der Waals surface area contributed by atoms with Crippen LogP contribution >= 0.6 is 0 Å². The number of hydrogen-bond acceptors (Lipinski definition) is 2. The SMILES string of the molecule is CC(C)=CC(=O)NCCOc1cccc(C)c1. The van der Waals surface area contributed by atoms with Crippen molar-refractivity contribution < 1.29 is 9.53 Å². The van der Waals surface area contributed by atoms with Gasteiger partial charge in [-0.15, -0.1) is 0 Å². The molecule has 0 saturated carbocycles. The lowest BCUT2D eigenvalue weighted by molar-refractivity contribution is -0.116. The molecule has 0 fully saturated rings. The molecule has 1 amide bonds. The number of benzene rings is 1. The minimum absolute atomic E-state index is 0.0714. The Morgan fingerprint density at radius 2 is 2.18 bits per heavy atom. The van der Waals surface area contributed by atoms with Crippen LogP contribution in [-0.2, 0) is 4.79 Å². The molecule has 0 saturated heterocycles. The summed E-state index contributed by atoms with van der Waals surface area (Å²) < 4.78 is 5.51. The molecule has 0 atom stereocenters. The number of aryl methyl sites for hydroxylation is 1. The molecule has 0 aromatic heterocycles. The van der Waals surface area contributed by atoms with E-state index in [0.29, 0.717) is 13.2 Å². The quantitative estimate of drug-likeness (QED) is 0.626. The maximum atomic E-state index is 11.3. The minimum Gasteiger partial charge on any atom is -0.492 e. The molecule has 3 nitrogen and oxygen atoms in total. The summed E-state index contributed by atoms with van der Waals surface area (Å²) in [5.41, 5.74) is 2.15. The second-order valence-corrected chi connectivity index (χ2v) is 4.18. The number of hydrogen-bond donors (Lipinski definition) is 1. The third-order valence-electron chi connectivity index (χ3n) is 2.08. The molecule has 0 aliphatic carbocycles. The first kappa shape index (κ1) is 13.3. The van der Waals surface area contributed by atoms with Crippen molar-refractivity contribution in [2.45, 2.75) is 20.8 Å². The average molecular weight is 233 g/mol. The third-order valence-corrected chi connectivity index (χ3v) is 2.08. The molecular weight excluding hydrogens is 214 g/mol. The van der Waals surface area contributed by atoms with E-state index in [-0.39, 0.29) is 5.91 Å². The van der Waals surface area contributed by atoms with E-state index in [1.807, 2.05) is 45.0 Å². The molecule has 0 heterocycles. The van der Waals surface area contributed by atoms with Crippen LogP contribution in [0.2, 0.25) is 0 Å². The van der Waals surface area contributed by atoms with Gasteiger partial charge in [0.1, 0.15) is 12.4 Å². The Balaban J connectivity index is 2.25. The molecule has 92 valence electrons. The molecule has 3 heteroatoms. The molecule has 17 heavy (non-hydrogen) atoms. The van der Waals surface area contributed by atoms with Crippen LogP contribution in [-0.4, -0.2) is 19.1 Å². The monoisotopic (exact) mass is 233 g/mol. The first-order chi connectivity index (χ1) is 8.08. The fourth-order valence-corrected chi connectivity index (χ4v) is 1.36. The lowest BCUT2D eigenvalue weighted by Crippen LogP contribution is -2.26. The van der Waals surface area contributed by atoms with E-state index in [1.54, 1.807) is 6.08 Å². The molecule has 0 aliphatic heterocycles. The van der Waals surface area contributed by atoms with Crippen molar-refractivity contribution in [2.75, 3.05) is 13.2 Å². The Bertz CT molecular complexity index is 406. The van der Waals surface area contributed by atoms with Crippen LogP contribution in [0.5, 0.6) is 5.75 Å². The van der Waals surface area contributed by atoms with E-state index in [4.69, 9.17) is 4.74 Å². The van der Waals surface area contributed by atoms with E-state index in [2.05, 4.69) is 5.32 Å². The highest BCUT2D eigenvalue weighted by Crippen LogP contribution is 2.11. The van der Waals surface area contributed by atoms with Crippen LogP contribution in [0.4, 0.5) is 0 Å². The summed E-state index contributed by atoms with van der Waals surface area (Å²) >= 11 is 0. The van der Waals surface area contributed by atoms with Gasteiger partial charge in [-0.05, 0) is 38.5 Å². The predicted octanol–water partition coefficient (Wildman–Crippen LogP) is 2.46. The van der Waals surface area contributed by atoms with Crippen molar-refractivity contribution in [3.8, 4) is 5.75 Å². The Hall–Kier alpha value is -1.77. The Labute approximate surface area is 102 Å². The molecule has 1 aromatic carbocycles. The van der Waals surface area contributed by atoms with Gasteiger partial charge in [0.15, 0.2) is 0 Å². The number of amides is 1. The average Bonchev–Trinajstić information content (AvgIpc) is 2.23. The van der Waals surface area contributed by atoms with Crippen LogP contribution in [0.1, 0.15) is 19.4 Å². The second-order valence-electron chi connectivity index (χ2n) is 4.18. The lowest BCUT2D eigenvalue weighted by Gasteiger charge is -2.07. The molecule has 1 N–H and O–H groups in total. The van der Waals surface area contributed by atoms with Crippen molar-refractivity contribution in [3.63, 3.8) is 0 Å². The largest absolute Gasteiger partial charge is 0.492 e. The number of carbonyl (C=O) groups excluding carboxylic acids is 1. The van der Waals surface area contributed by atoms with Gasteiger partial charge in [0.2, 0.25) is 5.91 Å². The van der Waals surface area contributed by atoms with Gasteiger partial charge in [0.25, 0.3) is 0 Å². The molecule has 0 radical (unpaired) electrons. The Morgan fingerprint density at radius 1 is 1.41 bits per heavy atom. The zero-order chi connectivity index (χ0) is 12.7. The van der Waals surface area contributed by atoms with E-state index in [0.717, 1.165) is 16.9 Å². The van der Waals surface area contributed by atoms with Crippen molar-refractivity contribution in [1.29, 1.82) is 0 Å². The normalized spacial score (nSPS) is 9.59. The smallest absolute Gasteiger partial charge is 0.244 e. The molecule has 1 rings (SSSR count). The fraction of sp³-hybridized carbons (Fsp3) is 0.357. The maximum absolute atomic E-state index is 11.3. The van der Waals surface area contributed by atoms with Gasteiger partial charge < -0.3 is 10.1 Å². The number of rotatable bonds is 5. The van der Waals surface area contributed by atoms with Crippen molar-refractivity contribution in [3.05, 3.63) is 41.5 Å². The number of nitrogens with one attached hydrogen (secondary N) is 1. The van der Waals surface area contributed by atoms with Gasteiger partial charge in [-0.1, -0.05) is 17.7 Å². The number of carbonyl (C=O) groups is 1.